The molecule has 0 bridgehead atoms. The summed E-state index contributed by atoms with van der Waals surface area (Å²) in [5, 5.41) is 13.3. The van der Waals surface area contributed by atoms with E-state index in [0.717, 1.165) is 31.2 Å². The molecular weight excluding hydrogens is 233 g/mol. The highest BCUT2D eigenvalue weighted by Crippen LogP contribution is 2.28. The second-order valence-electron chi connectivity index (χ2n) is 5.00. The van der Waals surface area contributed by atoms with Gasteiger partial charge in [0.1, 0.15) is 0 Å². The van der Waals surface area contributed by atoms with Gasteiger partial charge in [0.2, 0.25) is 0 Å². The summed E-state index contributed by atoms with van der Waals surface area (Å²) in [4.78, 5) is 0. The van der Waals surface area contributed by atoms with Gasteiger partial charge in [-0.25, -0.2) is 4.39 Å². The van der Waals surface area contributed by atoms with Crippen LogP contribution >= 0.6 is 0 Å². The molecule has 0 atom stereocenters. The van der Waals surface area contributed by atoms with Gasteiger partial charge in [0.25, 0.3) is 0 Å². The Balaban J connectivity index is 1.85. The third-order valence-corrected chi connectivity index (χ3v) is 3.53. The number of benzene rings is 1. The number of aliphatic hydroxyl groups is 1. The summed E-state index contributed by atoms with van der Waals surface area (Å²) in [6.45, 7) is 1.13. The summed E-state index contributed by atoms with van der Waals surface area (Å²) >= 11 is 0. The number of rotatable bonds is 5. The van der Waals surface area contributed by atoms with Crippen LogP contribution in [0, 0.1) is 5.82 Å². The molecule has 1 saturated carbocycles. The van der Waals surface area contributed by atoms with E-state index >= 15 is 0 Å². The van der Waals surface area contributed by atoms with Crippen LogP contribution in [0.25, 0.3) is 0 Å². The summed E-state index contributed by atoms with van der Waals surface area (Å²) < 4.78 is 18.3. The molecule has 100 valence electrons. The fraction of sp³-hybridized carbons (Fsp3) is 0.571. The first-order valence-corrected chi connectivity index (χ1v) is 6.38. The van der Waals surface area contributed by atoms with Crippen LogP contribution in [0.2, 0.25) is 0 Å². The van der Waals surface area contributed by atoms with Gasteiger partial charge in [-0.1, -0.05) is 18.9 Å². The van der Waals surface area contributed by atoms with Crippen molar-refractivity contribution >= 4 is 0 Å². The van der Waals surface area contributed by atoms with Crippen molar-refractivity contribution in [2.24, 2.45) is 0 Å². The summed E-state index contributed by atoms with van der Waals surface area (Å²) in [7, 11) is 1.45. The fourth-order valence-electron chi connectivity index (χ4n) is 2.47. The lowest BCUT2D eigenvalue weighted by atomic mass is 10.0. The third-order valence-electron chi connectivity index (χ3n) is 3.53. The Kier molecular flexibility index (Phi) is 4.19. The predicted molar refractivity (Wildman–Crippen MR) is 68.1 cm³/mol. The molecular formula is C14H20FNO2. The van der Waals surface area contributed by atoms with E-state index in [-0.39, 0.29) is 11.6 Å². The number of halogens is 1. The second-order valence-corrected chi connectivity index (χ2v) is 5.00. The molecule has 2 rings (SSSR count). The maximum absolute atomic E-state index is 13.5. The van der Waals surface area contributed by atoms with Crippen LogP contribution < -0.4 is 10.1 Å². The number of ether oxygens (including phenoxy) is 1. The molecule has 0 aromatic heterocycles. The molecule has 0 saturated heterocycles. The molecule has 0 spiro atoms. The van der Waals surface area contributed by atoms with Crippen molar-refractivity contribution < 1.29 is 14.2 Å². The first kappa shape index (κ1) is 13.3. The molecule has 18 heavy (non-hydrogen) atoms. The average molecular weight is 253 g/mol. The molecule has 0 heterocycles. The zero-order chi connectivity index (χ0) is 13.0. The van der Waals surface area contributed by atoms with E-state index in [1.54, 1.807) is 6.07 Å². The lowest BCUT2D eigenvalue weighted by Gasteiger charge is -2.22. The lowest BCUT2D eigenvalue weighted by molar-refractivity contribution is 0.0475. The highest BCUT2D eigenvalue weighted by Gasteiger charge is 2.30. The van der Waals surface area contributed by atoms with E-state index in [0.29, 0.717) is 13.1 Å². The van der Waals surface area contributed by atoms with E-state index in [4.69, 9.17) is 4.74 Å². The van der Waals surface area contributed by atoms with E-state index in [9.17, 15) is 9.50 Å². The first-order chi connectivity index (χ1) is 8.63. The van der Waals surface area contributed by atoms with Crippen LogP contribution in [0.5, 0.6) is 5.75 Å². The number of methoxy groups -OCH3 is 1. The minimum Gasteiger partial charge on any atom is -0.494 e. The molecule has 0 radical (unpaired) electrons. The van der Waals surface area contributed by atoms with Crippen LogP contribution in [0.4, 0.5) is 4.39 Å². The summed E-state index contributed by atoms with van der Waals surface area (Å²) in [5.41, 5.74) is 0.292. The minimum absolute atomic E-state index is 0.258. The lowest BCUT2D eigenvalue weighted by Crippen LogP contribution is -2.37. The van der Waals surface area contributed by atoms with E-state index < -0.39 is 5.60 Å². The van der Waals surface area contributed by atoms with Crippen molar-refractivity contribution in [1.29, 1.82) is 0 Å². The average Bonchev–Trinajstić information content (AvgIpc) is 2.77. The van der Waals surface area contributed by atoms with Gasteiger partial charge in [-0.3, -0.25) is 0 Å². The van der Waals surface area contributed by atoms with Crippen molar-refractivity contribution in [3.63, 3.8) is 0 Å². The van der Waals surface area contributed by atoms with E-state index in [1.807, 2.05) is 6.07 Å². The number of hydrogen-bond donors (Lipinski definition) is 2. The Labute approximate surface area is 107 Å². The van der Waals surface area contributed by atoms with Crippen LogP contribution in [0.1, 0.15) is 31.2 Å². The van der Waals surface area contributed by atoms with Crippen LogP contribution in [0.15, 0.2) is 18.2 Å². The molecule has 1 aromatic carbocycles. The smallest absolute Gasteiger partial charge is 0.165 e. The Morgan fingerprint density at radius 2 is 2.11 bits per heavy atom. The molecule has 0 aliphatic heterocycles. The molecule has 1 aromatic rings. The van der Waals surface area contributed by atoms with Gasteiger partial charge in [0, 0.05) is 13.1 Å². The largest absolute Gasteiger partial charge is 0.494 e. The van der Waals surface area contributed by atoms with Crippen LogP contribution in [-0.2, 0) is 6.54 Å². The number of hydrogen-bond acceptors (Lipinski definition) is 3. The molecule has 3 nitrogen and oxygen atoms in total. The maximum atomic E-state index is 13.5. The van der Waals surface area contributed by atoms with Crippen molar-refractivity contribution in [2.75, 3.05) is 13.7 Å². The molecule has 2 N–H and O–H groups in total. The Morgan fingerprint density at radius 3 is 2.72 bits per heavy atom. The van der Waals surface area contributed by atoms with Crippen LogP contribution in [-0.4, -0.2) is 24.4 Å². The van der Waals surface area contributed by atoms with Gasteiger partial charge in [-0.2, -0.15) is 0 Å². The van der Waals surface area contributed by atoms with Crippen molar-refractivity contribution in [2.45, 2.75) is 37.8 Å². The molecule has 1 aliphatic rings. The Morgan fingerprint density at radius 1 is 1.39 bits per heavy atom. The third kappa shape index (κ3) is 3.21. The van der Waals surface area contributed by atoms with Gasteiger partial charge < -0.3 is 15.2 Å². The summed E-state index contributed by atoms with van der Waals surface area (Å²) in [6, 6.07) is 4.91. The van der Waals surface area contributed by atoms with Crippen molar-refractivity contribution in [1.82, 2.24) is 5.32 Å². The predicted octanol–water partition coefficient (Wildman–Crippen LogP) is 2.23. The van der Waals surface area contributed by atoms with Gasteiger partial charge in [-0.05, 0) is 30.5 Å². The van der Waals surface area contributed by atoms with E-state index in [1.165, 1.54) is 13.2 Å². The van der Waals surface area contributed by atoms with Gasteiger partial charge >= 0.3 is 0 Å². The SMILES string of the molecule is COc1ccc(CNCC2(O)CCCC2)cc1F. The second kappa shape index (κ2) is 5.67. The summed E-state index contributed by atoms with van der Waals surface area (Å²) in [6.07, 6.45) is 3.90. The van der Waals surface area contributed by atoms with Gasteiger partial charge in [0.05, 0.1) is 12.7 Å². The topological polar surface area (TPSA) is 41.5 Å². The van der Waals surface area contributed by atoms with E-state index in [2.05, 4.69) is 5.32 Å². The monoisotopic (exact) mass is 253 g/mol. The minimum atomic E-state index is -0.564. The highest BCUT2D eigenvalue weighted by molar-refractivity contribution is 5.29. The molecule has 0 unspecified atom stereocenters. The van der Waals surface area contributed by atoms with Crippen molar-refractivity contribution in [3.8, 4) is 5.75 Å². The zero-order valence-electron chi connectivity index (χ0n) is 10.7. The fourth-order valence-corrected chi connectivity index (χ4v) is 2.47. The molecule has 1 aliphatic carbocycles. The first-order valence-electron chi connectivity index (χ1n) is 6.38. The Hall–Kier alpha value is -1.13. The zero-order valence-corrected chi connectivity index (χ0v) is 10.7. The molecule has 1 fully saturated rings. The van der Waals surface area contributed by atoms with Gasteiger partial charge in [-0.15, -0.1) is 0 Å². The number of nitrogens with one attached hydrogen (secondary N) is 1. The summed E-state index contributed by atoms with van der Waals surface area (Å²) in [5.74, 6) is -0.0930. The quantitative estimate of drug-likeness (QED) is 0.845. The normalized spacial score (nSPS) is 17.9. The maximum Gasteiger partial charge on any atom is 0.165 e. The molecule has 0 amide bonds. The standard InChI is InChI=1S/C14H20FNO2/c1-18-13-5-4-11(8-12(13)15)9-16-10-14(17)6-2-3-7-14/h4-5,8,16-17H,2-3,6-7,9-10H2,1H3. The molecule has 4 heteroatoms. The Bertz CT molecular complexity index is 403. The van der Waals surface area contributed by atoms with Gasteiger partial charge in [0.15, 0.2) is 11.6 Å². The highest BCUT2D eigenvalue weighted by atomic mass is 19.1. The van der Waals surface area contributed by atoms with Crippen molar-refractivity contribution in [3.05, 3.63) is 29.6 Å². The van der Waals surface area contributed by atoms with Crippen LogP contribution in [0.3, 0.4) is 0 Å².